The van der Waals surface area contributed by atoms with Crippen LogP contribution < -0.4 is 0 Å². The summed E-state index contributed by atoms with van der Waals surface area (Å²) in [5.74, 6) is 0.583. The zero-order valence-corrected chi connectivity index (χ0v) is 12.3. The number of aliphatic hydroxyl groups excluding tert-OH is 1. The molecule has 1 aliphatic rings. The quantitative estimate of drug-likeness (QED) is 0.908. The van der Waals surface area contributed by atoms with Crippen LogP contribution in [0.15, 0.2) is 22.8 Å². The second-order valence-electron chi connectivity index (χ2n) is 4.83. The molecule has 1 aliphatic heterocycles. The molecule has 0 aliphatic carbocycles. The number of hydrogen-bond donors (Lipinski definition) is 1. The molecule has 0 aromatic carbocycles. The van der Waals surface area contributed by atoms with Gasteiger partial charge in [0.15, 0.2) is 9.84 Å². The molecule has 0 radical (unpaired) electrons. The highest BCUT2D eigenvalue weighted by Crippen LogP contribution is 2.23. The van der Waals surface area contributed by atoms with E-state index in [0.29, 0.717) is 19.3 Å². The molecule has 0 amide bonds. The minimum Gasteiger partial charge on any atom is -0.393 e. The summed E-state index contributed by atoms with van der Waals surface area (Å²) in [7, 11) is -2.85. The average Bonchev–Trinajstić information content (AvgIpc) is 2.61. The number of rotatable bonds is 4. The maximum Gasteiger partial charge on any atom is 0.150 e. The fourth-order valence-electron chi connectivity index (χ4n) is 2.29. The van der Waals surface area contributed by atoms with Gasteiger partial charge in [0.1, 0.15) is 0 Å². The summed E-state index contributed by atoms with van der Waals surface area (Å²) in [6.45, 7) is 0. The summed E-state index contributed by atoms with van der Waals surface area (Å²) in [5, 5.41) is 9.96. The van der Waals surface area contributed by atoms with E-state index in [1.54, 1.807) is 6.20 Å². The maximum absolute atomic E-state index is 11.3. The summed E-state index contributed by atoms with van der Waals surface area (Å²) in [6, 6.07) is 3.74. The Labute approximate surface area is 115 Å². The van der Waals surface area contributed by atoms with E-state index in [-0.39, 0.29) is 17.4 Å². The van der Waals surface area contributed by atoms with E-state index in [1.165, 1.54) is 0 Å². The Morgan fingerprint density at radius 3 is 2.83 bits per heavy atom. The molecule has 2 heterocycles. The third-order valence-corrected chi connectivity index (χ3v) is 5.47. The number of sulfone groups is 1. The van der Waals surface area contributed by atoms with Crippen LogP contribution in [0.2, 0.25) is 0 Å². The van der Waals surface area contributed by atoms with Gasteiger partial charge in [-0.3, -0.25) is 4.98 Å². The smallest absolute Gasteiger partial charge is 0.150 e. The highest BCUT2D eigenvalue weighted by Gasteiger charge is 2.29. The molecule has 1 aromatic heterocycles. The molecule has 2 unspecified atom stereocenters. The Morgan fingerprint density at radius 2 is 2.28 bits per heavy atom. The molecule has 18 heavy (non-hydrogen) atoms. The fraction of sp³-hybridized carbons (Fsp3) is 0.583. The van der Waals surface area contributed by atoms with Gasteiger partial charge in [0.05, 0.1) is 17.6 Å². The normalized spacial score (nSPS) is 24.0. The molecule has 6 heteroatoms. The van der Waals surface area contributed by atoms with Gasteiger partial charge in [-0.15, -0.1) is 0 Å². The van der Waals surface area contributed by atoms with E-state index in [1.807, 2.05) is 12.1 Å². The molecular formula is C12H16BrNO3S. The number of aliphatic hydroxyl groups is 1. The first-order valence-corrected chi connectivity index (χ1v) is 8.55. The van der Waals surface area contributed by atoms with E-state index in [4.69, 9.17) is 0 Å². The summed E-state index contributed by atoms with van der Waals surface area (Å²) in [4.78, 5) is 4.20. The monoisotopic (exact) mass is 333 g/mol. The van der Waals surface area contributed by atoms with Crippen LogP contribution in [0.5, 0.6) is 0 Å². The van der Waals surface area contributed by atoms with Crippen LogP contribution in [-0.4, -0.2) is 36.1 Å². The summed E-state index contributed by atoms with van der Waals surface area (Å²) in [5.41, 5.74) is 0.826. The zero-order chi connectivity index (χ0) is 13.2. The third-order valence-electron chi connectivity index (χ3n) is 3.17. The molecule has 0 bridgehead atoms. The highest BCUT2D eigenvalue weighted by atomic mass is 79.9. The molecule has 1 N–H and O–H groups in total. The van der Waals surface area contributed by atoms with Crippen molar-refractivity contribution in [2.24, 2.45) is 5.92 Å². The summed E-state index contributed by atoms with van der Waals surface area (Å²) >= 11 is 3.30. The van der Waals surface area contributed by atoms with Crippen molar-refractivity contribution < 1.29 is 13.5 Å². The van der Waals surface area contributed by atoms with Crippen LogP contribution in [0.1, 0.15) is 18.5 Å². The van der Waals surface area contributed by atoms with Gasteiger partial charge in [-0.25, -0.2) is 8.42 Å². The van der Waals surface area contributed by atoms with Crippen LogP contribution in [-0.2, 0) is 16.3 Å². The average molecular weight is 334 g/mol. The second-order valence-corrected chi connectivity index (χ2v) is 7.97. The van der Waals surface area contributed by atoms with Crippen LogP contribution in [0, 0.1) is 5.92 Å². The van der Waals surface area contributed by atoms with E-state index in [9.17, 15) is 13.5 Å². The molecule has 1 aromatic rings. The van der Waals surface area contributed by atoms with Crippen LogP contribution in [0.4, 0.5) is 0 Å². The maximum atomic E-state index is 11.3. The number of pyridine rings is 1. The third kappa shape index (κ3) is 4.03. The minimum atomic E-state index is -2.85. The van der Waals surface area contributed by atoms with Crippen molar-refractivity contribution in [1.82, 2.24) is 4.98 Å². The van der Waals surface area contributed by atoms with Gasteiger partial charge in [0, 0.05) is 22.8 Å². The van der Waals surface area contributed by atoms with Crippen molar-refractivity contribution in [3.8, 4) is 0 Å². The Kier molecular flexibility index (Phi) is 4.40. The highest BCUT2D eigenvalue weighted by molar-refractivity contribution is 9.10. The zero-order valence-electron chi connectivity index (χ0n) is 9.92. The van der Waals surface area contributed by atoms with Gasteiger partial charge in [-0.1, -0.05) is 0 Å². The number of halogens is 1. The Morgan fingerprint density at radius 1 is 1.50 bits per heavy atom. The van der Waals surface area contributed by atoms with Crippen LogP contribution in [0.25, 0.3) is 0 Å². The summed E-state index contributed by atoms with van der Waals surface area (Å²) < 4.78 is 23.5. The number of aromatic nitrogens is 1. The largest absolute Gasteiger partial charge is 0.393 e. The second kappa shape index (κ2) is 5.67. The van der Waals surface area contributed by atoms with Crippen molar-refractivity contribution in [3.63, 3.8) is 0 Å². The lowest BCUT2D eigenvalue weighted by Crippen LogP contribution is -2.17. The fourth-order valence-corrected chi connectivity index (χ4v) is 4.41. The van der Waals surface area contributed by atoms with Gasteiger partial charge in [-0.05, 0) is 46.8 Å². The lowest BCUT2D eigenvalue weighted by molar-refractivity contribution is 0.146. The van der Waals surface area contributed by atoms with E-state index in [0.717, 1.165) is 10.2 Å². The first-order chi connectivity index (χ1) is 8.44. The predicted octanol–water partition coefficient (Wildman–Crippen LogP) is 1.57. The van der Waals surface area contributed by atoms with Gasteiger partial charge in [0.25, 0.3) is 0 Å². The minimum absolute atomic E-state index is 0.0976. The van der Waals surface area contributed by atoms with Crippen molar-refractivity contribution in [1.29, 1.82) is 0 Å². The molecule has 2 rings (SSSR count). The van der Waals surface area contributed by atoms with E-state index < -0.39 is 15.9 Å². The van der Waals surface area contributed by atoms with E-state index >= 15 is 0 Å². The molecule has 0 spiro atoms. The lowest BCUT2D eigenvalue weighted by Gasteiger charge is -2.14. The molecule has 2 atom stereocenters. The number of hydrogen-bond acceptors (Lipinski definition) is 4. The van der Waals surface area contributed by atoms with Gasteiger partial charge < -0.3 is 5.11 Å². The molecular weight excluding hydrogens is 318 g/mol. The Balaban J connectivity index is 1.86. The van der Waals surface area contributed by atoms with Crippen molar-refractivity contribution in [3.05, 3.63) is 28.5 Å². The molecule has 100 valence electrons. The predicted molar refractivity (Wildman–Crippen MR) is 73.0 cm³/mol. The van der Waals surface area contributed by atoms with Gasteiger partial charge >= 0.3 is 0 Å². The van der Waals surface area contributed by atoms with Gasteiger partial charge in [-0.2, -0.15) is 0 Å². The Hall–Kier alpha value is -0.460. The van der Waals surface area contributed by atoms with Crippen LogP contribution in [0.3, 0.4) is 0 Å². The Bertz CT molecular complexity index is 501. The molecule has 4 nitrogen and oxygen atoms in total. The number of nitrogens with zero attached hydrogens (tertiary/aromatic N) is 1. The first-order valence-electron chi connectivity index (χ1n) is 5.93. The molecule has 0 saturated carbocycles. The van der Waals surface area contributed by atoms with Crippen LogP contribution >= 0.6 is 15.9 Å². The van der Waals surface area contributed by atoms with Gasteiger partial charge in [0.2, 0.25) is 0 Å². The van der Waals surface area contributed by atoms with Crippen molar-refractivity contribution in [2.75, 3.05) is 11.5 Å². The summed E-state index contributed by atoms with van der Waals surface area (Å²) in [6.07, 6.45) is 2.87. The lowest BCUT2D eigenvalue weighted by atomic mass is 9.98. The van der Waals surface area contributed by atoms with Crippen molar-refractivity contribution in [2.45, 2.75) is 25.4 Å². The molecule has 1 fully saturated rings. The standard InChI is InChI=1S/C12H16BrNO3S/c13-10-1-2-11(14-7-10)6-12(15)5-9-3-4-18(16,17)8-9/h1-2,7,9,12,15H,3-6,8H2. The topological polar surface area (TPSA) is 67.3 Å². The first kappa shape index (κ1) is 14.0. The molecule has 1 saturated heterocycles. The SMILES string of the molecule is O=S1(=O)CCC(CC(O)Cc2ccc(Br)cn2)C1. The van der Waals surface area contributed by atoms with E-state index in [2.05, 4.69) is 20.9 Å². The van der Waals surface area contributed by atoms with Crippen molar-refractivity contribution >= 4 is 25.8 Å².